The Bertz CT molecular complexity index is 504. The number of hydrogen-bond donors (Lipinski definition) is 1. The molecule has 2 aromatic heterocycles. The highest BCUT2D eigenvalue weighted by molar-refractivity contribution is 7.10. The lowest BCUT2D eigenvalue weighted by molar-refractivity contribution is 0.529. The monoisotopic (exact) mass is 248 g/mol. The fourth-order valence-corrected chi connectivity index (χ4v) is 2.44. The zero-order valence-electron chi connectivity index (χ0n) is 9.80. The largest absolute Gasteiger partial charge is 0.314 e. The molecule has 0 aliphatic heterocycles. The van der Waals surface area contributed by atoms with E-state index in [4.69, 9.17) is 0 Å². The Labute approximate surface area is 105 Å². The molecule has 1 unspecified atom stereocenters. The Balaban J connectivity index is 1.84. The summed E-state index contributed by atoms with van der Waals surface area (Å²) in [7, 11) is 0. The smallest absolute Gasteiger partial charge is 0.250 e. The Kier molecular flexibility index (Phi) is 4.12. The molecule has 0 fully saturated rings. The van der Waals surface area contributed by atoms with Crippen molar-refractivity contribution in [1.82, 2.24) is 9.88 Å². The molecule has 0 aliphatic carbocycles. The molecule has 2 rings (SSSR count). The Morgan fingerprint density at radius 1 is 1.35 bits per heavy atom. The Morgan fingerprint density at radius 3 is 2.94 bits per heavy atom. The number of nitrogens with zero attached hydrogens (tertiary/aromatic N) is 1. The van der Waals surface area contributed by atoms with Crippen molar-refractivity contribution in [2.24, 2.45) is 0 Å². The minimum Gasteiger partial charge on any atom is -0.314 e. The van der Waals surface area contributed by atoms with Gasteiger partial charge in [0.2, 0.25) is 0 Å². The second-order valence-electron chi connectivity index (χ2n) is 3.92. The van der Waals surface area contributed by atoms with E-state index in [1.165, 1.54) is 4.88 Å². The first-order valence-corrected chi connectivity index (χ1v) is 6.57. The number of pyridine rings is 1. The number of aromatic nitrogens is 1. The summed E-state index contributed by atoms with van der Waals surface area (Å²) in [6.07, 6.45) is 1.82. The molecule has 0 aromatic carbocycles. The van der Waals surface area contributed by atoms with Crippen molar-refractivity contribution in [3.8, 4) is 0 Å². The second-order valence-corrected chi connectivity index (χ2v) is 4.90. The molecule has 2 aromatic rings. The van der Waals surface area contributed by atoms with Crippen LogP contribution in [-0.4, -0.2) is 11.1 Å². The van der Waals surface area contributed by atoms with Crippen LogP contribution in [0.4, 0.5) is 0 Å². The molecule has 1 N–H and O–H groups in total. The third-order valence-corrected chi connectivity index (χ3v) is 3.73. The third-order valence-electron chi connectivity index (χ3n) is 2.67. The third kappa shape index (κ3) is 3.28. The van der Waals surface area contributed by atoms with Gasteiger partial charge in [-0.2, -0.15) is 0 Å². The molecular weight excluding hydrogens is 232 g/mol. The summed E-state index contributed by atoms with van der Waals surface area (Å²) in [6.45, 7) is 3.64. The molecule has 0 saturated heterocycles. The zero-order chi connectivity index (χ0) is 12.1. The predicted octanol–water partition coefficient (Wildman–Crippen LogP) is 2.26. The van der Waals surface area contributed by atoms with Crippen molar-refractivity contribution in [3.05, 3.63) is 57.1 Å². The number of rotatable bonds is 5. The summed E-state index contributed by atoms with van der Waals surface area (Å²) in [5, 5.41) is 5.49. The van der Waals surface area contributed by atoms with Crippen LogP contribution in [0.2, 0.25) is 0 Å². The average Bonchev–Trinajstić information content (AvgIpc) is 2.85. The minimum absolute atomic E-state index is 0.0538. The maximum absolute atomic E-state index is 11.5. The van der Waals surface area contributed by atoms with Gasteiger partial charge in [0.15, 0.2) is 0 Å². The van der Waals surface area contributed by atoms with Crippen molar-refractivity contribution in [1.29, 1.82) is 0 Å². The van der Waals surface area contributed by atoms with Gasteiger partial charge in [0.1, 0.15) is 0 Å². The molecule has 1 atom stereocenters. The van der Waals surface area contributed by atoms with Crippen LogP contribution >= 0.6 is 11.3 Å². The van der Waals surface area contributed by atoms with Crippen molar-refractivity contribution in [3.63, 3.8) is 0 Å². The summed E-state index contributed by atoms with van der Waals surface area (Å²) in [4.78, 5) is 12.8. The molecule has 17 heavy (non-hydrogen) atoms. The summed E-state index contributed by atoms with van der Waals surface area (Å²) < 4.78 is 1.72. The van der Waals surface area contributed by atoms with Crippen LogP contribution in [0.3, 0.4) is 0 Å². The van der Waals surface area contributed by atoms with E-state index < -0.39 is 0 Å². The highest BCUT2D eigenvalue weighted by atomic mass is 32.1. The molecule has 0 bridgehead atoms. The number of hydrogen-bond acceptors (Lipinski definition) is 3. The van der Waals surface area contributed by atoms with Gasteiger partial charge < -0.3 is 9.88 Å². The summed E-state index contributed by atoms with van der Waals surface area (Å²) in [6, 6.07) is 9.75. The van der Waals surface area contributed by atoms with E-state index in [1.54, 1.807) is 28.0 Å². The van der Waals surface area contributed by atoms with Crippen LogP contribution in [0.25, 0.3) is 0 Å². The van der Waals surface area contributed by atoms with E-state index in [2.05, 4.69) is 29.8 Å². The molecule has 0 radical (unpaired) electrons. The molecule has 90 valence electrons. The Hall–Kier alpha value is -1.39. The van der Waals surface area contributed by atoms with E-state index in [1.807, 2.05) is 12.3 Å². The van der Waals surface area contributed by atoms with Crippen molar-refractivity contribution >= 4 is 11.3 Å². The molecule has 2 heterocycles. The molecule has 0 saturated carbocycles. The first-order valence-electron chi connectivity index (χ1n) is 5.69. The first kappa shape index (κ1) is 12.1. The summed E-state index contributed by atoms with van der Waals surface area (Å²) in [5.74, 6) is 0. The van der Waals surface area contributed by atoms with E-state index in [9.17, 15) is 4.79 Å². The molecule has 0 spiro atoms. The van der Waals surface area contributed by atoms with Gasteiger partial charge in [0.05, 0.1) is 0 Å². The van der Waals surface area contributed by atoms with E-state index >= 15 is 0 Å². The van der Waals surface area contributed by atoms with Gasteiger partial charge in [-0.1, -0.05) is 12.1 Å². The zero-order valence-corrected chi connectivity index (χ0v) is 10.6. The highest BCUT2D eigenvalue weighted by Gasteiger charge is 2.04. The van der Waals surface area contributed by atoms with Crippen LogP contribution in [0.1, 0.15) is 17.8 Å². The molecule has 0 amide bonds. The number of nitrogens with one attached hydrogen (secondary N) is 1. The van der Waals surface area contributed by atoms with Crippen LogP contribution < -0.4 is 10.9 Å². The number of thiophene rings is 1. The van der Waals surface area contributed by atoms with E-state index in [0.717, 1.165) is 6.54 Å². The van der Waals surface area contributed by atoms with Crippen LogP contribution in [0, 0.1) is 0 Å². The SMILES string of the molecule is CC(NCCn1ccccc1=O)c1cccs1. The fraction of sp³-hybridized carbons (Fsp3) is 0.308. The van der Waals surface area contributed by atoms with Crippen LogP contribution in [0.5, 0.6) is 0 Å². The highest BCUT2D eigenvalue weighted by Crippen LogP contribution is 2.17. The van der Waals surface area contributed by atoms with Gasteiger partial charge >= 0.3 is 0 Å². The first-order chi connectivity index (χ1) is 8.27. The lowest BCUT2D eigenvalue weighted by Crippen LogP contribution is -2.27. The quantitative estimate of drug-likeness (QED) is 0.880. The van der Waals surface area contributed by atoms with E-state index in [0.29, 0.717) is 12.6 Å². The maximum atomic E-state index is 11.5. The molecular formula is C13H16N2OS. The normalized spacial score (nSPS) is 12.5. The second kappa shape index (κ2) is 5.80. The molecule has 0 aliphatic rings. The van der Waals surface area contributed by atoms with Gasteiger partial charge in [-0.3, -0.25) is 4.79 Å². The van der Waals surface area contributed by atoms with Gasteiger partial charge in [0, 0.05) is 36.3 Å². The van der Waals surface area contributed by atoms with Crippen LogP contribution in [0.15, 0.2) is 46.7 Å². The minimum atomic E-state index is 0.0538. The summed E-state index contributed by atoms with van der Waals surface area (Å²) in [5.41, 5.74) is 0.0538. The maximum Gasteiger partial charge on any atom is 0.250 e. The fourth-order valence-electron chi connectivity index (χ4n) is 1.69. The van der Waals surface area contributed by atoms with Gasteiger partial charge in [-0.15, -0.1) is 11.3 Å². The summed E-state index contributed by atoms with van der Waals surface area (Å²) >= 11 is 1.75. The average molecular weight is 248 g/mol. The van der Waals surface area contributed by atoms with Crippen molar-refractivity contribution in [2.75, 3.05) is 6.54 Å². The van der Waals surface area contributed by atoms with Crippen molar-refractivity contribution < 1.29 is 0 Å². The van der Waals surface area contributed by atoms with Gasteiger partial charge in [-0.05, 0) is 24.4 Å². The lowest BCUT2D eigenvalue weighted by atomic mass is 10.3. The van der Waals surface area contributed by atoms with Crippen LogP contribution in [-0.2, 0) is 6.54 Å². The molecule has 3 nitrogen and oxygen atoms in total. The predicted molar refractivity (Wildman–Crippen MR) is 71.4 cm³/mol. The molecule has 4 heteroatoms. The van der Waals surface area contributed by atoms with Gasteiger partial charge in [0.25, 0.3) is 5.56 Å². The standard InChI is InChI=1S/C13H16N2OS/c1-11(12-5-4-10-17-12)14-7-9-15-8-3-2-6-13(15)16/h2-6,8,10-11,14H,7,9H2,1H3. The Morgan fingerprint density at radius 2 is 2.24 bits per heavy atom. The lowest BCUT2D eigenvalue weighted by Gasteiger charge is -2.12. The van der Waals surface area contributed by atoms with Crippen molar-refractivity contribution in [2.45, 2.75) is 19.5 Å². The topological polar surface area (TPSA) is 34.0 Å². The van der Waals surface area contributed by atoms with E-state index in [-0.39, 0.29) is 5.56 Å². The van der Waals surface area contributed by atoms with Gasteiger partial charge in [-0.25, -0.2) is 0 Å².